The van der Waals surface area contributed by atoms with Gasteiger partial charge >= 0.3 is 5.69 Å². The van der Waals surface area contributed by atoms with Crippen molar-refractivity contribution in [1.29, 1.82) is 0 Å². The molecule has 2 aromatic carbocycles. The third-order valence-corrected chi connectivity index (χ3v) is 6.03. The van der Waals surface area contributed by atoms with Gasteiger partial charge in [-0.25, -0.2) is 9.78 Å². The van der Waals surface area contributed by atoms with Gasteiger partial charge in [0.05, 0.1) is 16.8 Å². The first-order chi connectivity index (χ1) is 17.4. The monoisotopic (exact) mass is 484 g/mol. The molecule has 1 atom stereocenters. The van der Waals surface area contributed by atoms with Gasteiger partial charge in [0.1, 0.15) is 17.0 Å². The van der Waals surface area contributed by atoms with Crippen LogP contribution in [0.5, 0.6) is 11.5 Å². The molecule has 1 unspecified atom stereocenters. The number of primary amides is 1. The highest BCUT2D eigenvalue weighted by Crippen LogP contribution is 2.34. The van der Waals surface area contributed by atoms with E-state index < -0.39 is 11.6 Å². The molecule has 36 heavy (non-hydrogen) atoms. The minimum atomic E-state index is -0.716. The fourth-order valence-electron chi connectivity index (χ4n) is 4.39. The van der Waals surface area contributed by atoms with Crippen LogP contribution in [0, 0.1) is 0 Å². The molecule has 2 aromatic heterocycles. The van der Waals surface area contributed by atoms with Crippen molar-refractivity contribution in [1.82, 2.24) is 20.3 Å². The molecule has 10 heteroatoms. The molecule has 1 fully saturated rings. The number of ether oxygens (including phenoxy) is 1. The Balaban J connectivity index is 1.55. The predicted molar refractivity (Wildman–Crippen MR) is 136 cm³/mol. The number of benzene rings is 2. The summed E-state index contributed by atoms with van der Waals surface area (Å²) in [6.07, 6.45) is 1.92. The van der Waals surface area contributed by atoms with Gasteiger partial charge in [-0.1, -0.05) is 24.8 Å². The number of hydrogen-bond acceptors (Lipinski definition) is 6. The fraction of sp³-hybridized carbons (Fsp3) is 0.154. The Labute approximate surface area is 205 Å². The quantitative estimate of drug-likeness (QED) is 0.297. The summed E-state index contributed by atoms with van der Waals surface area (Å²) in [6, 6.07) is 16.4. The largest absolute Gasteiger partial charge is 0.457 e. The molecule has 0 spiro atoms. The first kappa shape index (κ1) is 22.9. The van der Waals surface area contributed by atoms with Gasteiger partial charge in [-0.3, -0.25) is 9.59 Å². The zero-order valence-corrected chi connectivity index (χ0v) is 19.3. The number of anilines is 1. The molecule has 5 rings (SSSR count). The van der Waals surface area contributed by atoms with Crippen LogP contribution >= 0.6 is 0 Å². The highest BCUT2D eigenvalue weighted by molar-refractivity contribution is 6.11. The van der Waals surface area contributed by atoms with E-state index in [1.165, 1.54) is 6.08 Å². The van der Waals surface area contributed by atoms with Crippen molar-refractivity contribution >= 4 is 28.7 Å². The maximum atomic E-state index is 12.5. The number of carbonyl (C=O) groups excluding carboxylic acids is 2. The van der Waals surface area contributed by atoms with Gasteiger partial charge in [0.25, 0.3) is 5.91 Å². The van der Waals surface area contributed by atoms with Crippen LogP contribution in [0.2, 0.25) is 0 Å². The summed E-state index contributed by atoms with van der Waals surface area (Å²) >= 11 is 0. The Morgan fingerprint density at radius 1 is 1.08 bits per heavy atom. The summed E-state index contributed by atoms with van der Waals surface area (Å²) in [7, 11) is 0. The van der Waals surface area contributed by atoms with Gasteiger partial charge in [0.2, 0.25) is 5.91 Å². The Hall–Kier alpha value is -4.86. The maximum Gasteiger partial charge on any atom is 0.323 e. The van der Waals surface area contributed by atoms with Crippen LogP contribution in [0.3, 0.4) is 0 Å². The van der Waals surface area contributed by atoms with Crippen LogP contribution in [0.1, 0.15) is 16.8 Å². The second-order valence-corrected chi connectivity index (χ2v) is 8.44. The van der Waals surface area contributed by atoms with Crippen LogP contribution in [-0.2, 0) is 4.79 Å². The number of para-hydroxylation sites is 1. The smallest absolute Gasteiger partial charge is 0.323 e. The number of H-pyrrole nitrogens is 2. The van der Waals surface area contributed by atoms with E-state index in [0.717, 1.165) is 0 Å². The summed E-state index contributed by atoms with van der Waals surface area (Å²) in [5.41, 5.74) is 7.02. The first-order valence-electron chi connectivity index (χ1n) is 11.4. The number of aromatic amines is 2. The zero-order chi connectivity index (χ0) is 25.2. The second-order valence-electron chi connectivity index (χ2n) is 8.44. The van der Waals surface area contributed by atoms with E-state index >= 15 is 0 Å². The van der Waals surface area contributed by atoms with E-state index in [1.807, 2.05) is 35.2 Å². The van der Waals surface area contributed by atoms with Gasteiger partial charge < -0.3 is 30.7 Å². The number of rotatable bonds is 7. The highest BCUT2D eigenvalue weighted by Gasteiger charge is 2.29. The van der Waals surface area contributed by atoms with Crippen LogP contribution in [0.25, 0.3) is 22.3 Å². The standard InChI is InChI=1S/C26H24N6O4/c1-2-19(33)28-16-12-13-32(14-16)25-23-22(30-26(35)31-23)20(24(27)34)21(29-25)15-8-10-18(11-9-15)36-17-6-4-3-5-7-17/h2-11,16H,1,12-14H2,(H2,27,34)(H,28,33)(H2,30,31,35). The van der Waals surface area contributed by atoms with Crippen molar-refractivity contribution in [3.05, 3.63) is 83.3 Å². The number of nitrogens with one attached hydrogen (secondary N) is 3. The Kier molecular flexibility index (Phi) is 5.99. The van der Waals surface area contributed by atoms with Crippen molar-refractivity contribution in [3.8, 4) is 22.8 Å². The Morgan fingerprint density at radius 2 is 1.78 bits per heavy atom. The molecule has 2 amide bonds. The van der Waals surface area contributed by atoms with Gasteiger partial charge in [0, 0.05) is 24.7 Å². The summed E-state index contributed by atoms with van der Waals surface area (Å²) < 4.78 is 5.86. The third kappa shape index (κ3) is 4.43. The summed E-state index contributed by atoms with van der Waals surface area (Å²) in [4.78, 5) is 48.7. The lowest BCUT2D eigenvalue weighted by atomic mass is 10.0. The lowest BCUT2D eigenvalue weighted by Crippen LogP contribution is -2.36. The minimum absolute atomic E-state index is 0.105. The van der Waals surface area contributed by atoms with Crippen molar-refractivity contribution in [2.45, 2.75) is 12.5 Å². The molecule has 4 aromatic rings. The number of hydrogen-bond donors (Lipinski definition) is 4. The first-order valence-corrected chi connectivity index (χ1v) is 11.4. The number of pyridine rings is 1. The molecule has 1 aliphatic rings. The summed E-state index contributed by atoms with van der Waals surface area (Å²) in [6.45, 7) is 4.56. The molecule has 10 nitrogen and oxygen atoms in total. The minimum Gasteiger partial charge on any atom is -0.457 e. The lowest BCUT2D eigenvalue weighted by Gasteiger charge is -2.20. The molecule has 1 aliphatic heterocycles. The number of imidazole rings is 1. The highest BCUT2D eigenvalue weighted by atomic mass is 16.5. The molecular formula is C26H24N6O4. The van der Waals surface area contributed by atoms with Crippen molar-refractivity contribution in [3.63, 3.8) is 0 Å². The number of nitrogens with two attached hydrogens (primary N) is 1. The predicted octanol–water partition coefficient (Wildman–Crippen LogP) is 2.69. The summed E-state index contributed by atoms with van der Waals surface area (Å²) in [5.74, 6) is 0.830. The molecule has 182 valence electrons. The lowest BCUT2D eigenvalue weighted by molar-refractivity contribution is -0.117. The van der Waals surface area contributed by atoms with E-state index in [-0.39, 0.29) is 23.0 Å². The zero-order valence-electron chi connectivity index (χ0n) is 19.3. The van der Waals surface area contributed by atoms with E-state index in [0.29, 0.717) is 53.6 Å². The second kappa shape index (κ2) is 9.41. The average molecular weight is 485 g/mol. The normalized spacial score (nSPS) is 15.1. The molecule has 5 N–H and O–H groups in total. The van der Waals surface area contributed by atoms with E-state index in [4.69, 9.17) is 15.5 Å². The van der Waals surface area contributed by atoms with E-state index in [2.05, 4.69) is 21.9 Å². The van der Waals surface area contributed by atoms with Crippen LogP contribution in [-0.4, -0.2) is 45.9 Å². The van der Waals surface area contributed by atoms with Crippen LogP contribution < -0.4 is 26.4 Å². The number of nitrogens with zero attached hydrogens (tertiary/aromatic N) is 2. The van der Waals surface area contributed by atoms with E-state index in [9.17, 15) is 14.4 Å². The number of fused-ring (bicyclic) bond motifs is 1. The van der Waals surface area contributed by atoms with Crippen molar-refractivity contribution in [2.24, 2.45) is 5.73 Å². The number of aromatic nitrogens is 3. The molecule has 0 bridgehead atoms. The molecule has 1 saturated heterocycles. The van der Waals surface area contributed by atoms with Gasteiger partial charge in [-0.05, 0) is 48.9 Å². The molecule has 3 heterocycles. The molecule has 0 saturated carbocycles. The number of carbonyl (C=O) groups is 2. The van der Waals surface area contributed by atoms with E-state index in [1.54, 1.807) is 24.3 Å². The maximum absolute atomic E-state index is 12.5. The SMILES string of the molecule is C=CC(=O)NC1CCN(c2nc(-c3ccc(Oc4ccccc4)cc3)c(C(N)=O)c3[nH]c(=O)[nH]c23)C1. The summed E-state index contributed by atoms with van der Waals surface area (Å²) in [5, 5.41) is 2.89. The fourth-order valence-corrected chi connectivity index (χ4v) is 4.39. The van der Waals surface area contributed by atoms with Crippen molar-refractivity contribution < 1.29 is 14.3 Å². The number of amides is 2. The van der Waals surface area contributed by atoms with Crippen LogP contribution in [0.4, 0.5) is 5.82 Å². The average Bonchev–Trinajstić information content (AvgIpc) is 3.50. The third-order valence-electron chi connectivity index (χ3n) is 6.03. The van der Waals surface area contributed by atoms with Crippen LogP contribution in [0.15, 0.2) is 72.0 Å². The molecular weight excluding hydrogens is 460 g/mol. The topological polar surface area (TPSA) is 146 Å². The van der Waals surface area contributed by atoms with Gasteiger partial charge in [0.15, 0.2) is 5.82 Å². The van der Waals surface area contributed by atoms with Gasteiger partial charge in [-0.2, -0.15) is 0 Å². The Bertz CT molecular complexity index is 1510. The van der Waals surface area contributed by atoms with Gasteiger partial charge in [-0.15, -0.1) is 0 Å². The molecule has 0 aliphatic carbocycles. The Morgan fingerprint density at radius 3 is 2.47 bits per heavy atom. The molecule has 0 radical (unpaired) electrons. The van der Waals surface area contributed by atoms with Crippen molar-refractivity contribution in [2.75, 3.05) is 18.0 Å².